The molecule has 0 saturated carbocycles. The van der Waals surface area contributed by atoms with Crippen LogP contribution in [0.3, 0.4) is 0 Å². The molecule has 0 unspecified atom stereocenters. The molecule has 0 spiro atoms. The molecule has 12 rings (SSSR count). The lowest BCUT2D eigenvalue weighted by Crippen LogP contribution is -1.93. The molecule has 4 aromatic heterocycles. The second-order valence-corrected chi connectivity index (χ2v) is 14.8. The standard InChI is InChI=1S/C48H28N2OS/c1-2-10-31(11-3-1)49-41-15-7-4-12-33(41)37-24-29(18-22-43(37)49)30-19-23-44-38(25-30)34-13-5-8-16-42(34)50(44)32-20-21-35-39-28-48-40(27-46(39)51-45(35)26-32)36-14-6-9-17-47(36)52-48/h1-28H. The Bertz CT molecular complexity index is 3410. The van der Waals surface area contributed by atoms with Crippen LogP contribution in [-0.4, -0.2) is 9.13 Å². The van der Waals surface area contributed by atoms with Crippen molar-refractivity contribution in [3.8, 4) is 22.5 Å². The van der Waals surface area contributed by atoms with Crippen LogP contribution in [0.25, 0.3) is 108 Å². The van der Waals surface area contributed by atoms with Gasteiger partial charge in [-0.3, -0.25) is 0 Å². The second kappa shape index (κ2) is 10.5. The van der Waals surface area contributed by atoms with Gasteiger partial charge in [-0.2, -0.15) is 0 Å². The third-order valence-electron chi connectivity index (χ3n) is 10.9. The van der Waals surface area contributed by atoms with Gasteiger partial charge in [0.1, 0.15) is 11.2 Å². The zero-order valence-corrected chi connectivity index (χ0v) is 28.7. The maximum atomic E-state index is 6.60. The Morgan fingerprint density at radius 1 is 0.327 bits per heavy atom. The van der Waals surface area contributed by atoms with Gasteiger partial charge in [-0.25, -0.2) is 0 Å². The normalized spacial score (nSPS) is 12.2. The summed E-state index contributed by atoms with van der Waals surface area (Å²) in [5, 5.41) is 9.83. The highest BCUT2D eigenvalue weighted by molar-refractivity contribution is 7.25. The van der Waals surface area contributed by atoms with Gasteiger partial charge in [0.15, 0.2) is 0 Å². The van der Waals surface area contributed by atoms with E-state index in [0.717, 1.165) is 27.6 Å². The van der Waals surface area contributed by atoms with Crippen LogP contribution in [0.15, 0.2) is 174 Å². The molecule has 0 aliphatic carbocycles. The minimum Gasteiger partial charge on any atom is -0.456 e. The Labute approximate surface area is 301 Å². The van der Waals surface area contributed by atoms with E-state index < -0.39 is 0 Å². The molecule has 3 nitrogen and oxygen atoms in total. The SMILES string of the molecule is c1ccc(-n2c3ccccc3c3cc(-c4ccc5c(c4)c4ccccc4n5-c4ccc5c(c4)oc4cc6c(cc45)sc4ccccc46)ccc32)cc1. The van der Waals surface area contributed by atoms with E-state index in [1.165, 1.54) is 80.6 Å². The summed E-state index contributed by atoms with van der Waals surface area (Å²) in [5.41, 5.74) is 11.3. The summed E-state index contributed by atoms with van der Waals surface area (Å²) in [5.74, 6) is 0. The van der Waals surface area contributed by atoms with Crippen molar-refractivity contribution < 1.29 is 4.42 Å². The fraction of sp³-hybridized carbons (Fsp3) is 0. The molecule has 0 atom stereocenters. The summed E-state index contributed by atoms with van der Waals surface area (Å²) in [7, 11) is 0. The van der Waals surface area contributed by atoms with Crippen LogP contribution in [-0.2, 0) is 0 Å². The molecule has 0 radical (unpaired) electrons. The lowest BCUT2D eigenvalue weighted by Gasteiger charge is -2.09. The van der Waals surface area contributed by atoms with E-state index in [2.05, 4.69) is 179 Å². The van der Waals surface area contributed by atoms with Gasteiger partial charge >= 0.3 is 0 Å². The zero-order valence-electron chi connectivity index (χ0n) is 27.9. The van der Waals surface area contributed by atoms with E-state index >= 15 is 0 Å². The van der Waals surface area contributed by atoms with Gasteiger partial charge in [-0.15, -0.1) is 11.3 Å². The topological polar surface area (TPSA) is 23.0 Å². The Balaban J connectivity index is 1.02. The number of hydrogen-bond donors (Lipinski definition) is 0. The molecule has 4 heteroatoms. The number of nitrogens with zero attached hydrogens (tertiary/aromatic N) is 2. The first kappa shape index (κ1) is 28.1. The van der Waals surface area contributed by atoms with E-state index in [9.17, 15) is 0 Å². The van der Waals surface area contributed by atoms with Crippen LogP contribution < -0.4 is 0 Å². The molecular formula is C48H28N2OS. The molecule has 4 heterocycles. The number of hydrogen-bond acceptors (Lipinski definition) is 2. The van der Waals surface area contributed by atoms with Crippen molar-refractivity contribution in [1.82, 2.24) is 9.13 Å². The summed E-state index contributed by atoms with van der Waals surface area (Å²) in [6.07, 6.45) is 0. The number of benzene rings is 8. The van der Waals surface area contributed by atoms with Gasteiger partial charge in [0, 0.05) is 69.9 Å². The highest BCUT2D eigenvalue weighted by atomic mass is 32.1. The molecule has 242 valence electrons. The highest BCUT2D eigenvalue weighted by Gasteiger charge is 2.18. The first-order valence-electron chi connectivity index (χ1n) is 17.7. The first-order valence-corrected chi connectivity index (χ1v) is 18.5. The Morgan fingerprint density at radius 2 is 0.904 bits per heavy atom. The summed E-state index contributed by atoms with van der Waals surface area (Å²) in [6, 6.07) is 61.8. The average molecular weight is 681 g/mol. The second-order valence-electron chi connectivity index (χ2n) is 13.7. The fourth-order valence-corrected chi connectivity index (χ4v) is 9.69. The highest BCUT2D eigenvalue weighted by Crippen LogP contribution is 2.42. The smallest absolute Gasteiger partial charge is 0.137 e. The molecule has 12 aromatic rings. The van der Waals surface area contributed by atoms with Crippen molar-refractivity contribution in [2.24, 2.45) is 0 Å². The third-order valence-corrected chi connectivity index (χ3v) is 12.0. The predicted octanol–water partition coefficient (Wildman–Crippen LogP) is 13.8. The van der Waals surface area contributed by atoms with Crippen molar-refractivity contribution in [3.05, 3.63) is 170 Å². The van der Waals surface area contributed by atoms with Gasteiger partial charge in [-0.1, -0.05) is 84.9 Å². The number of rotatable bonds is 3. The third kappa shape index (κ3) is 3.90. The van der Waals surface area contributed by atoms with Crippen molar-refractivity contribution in [1.29, 1.82) is 0 Å². The van der Waals surface area contributed by atoms with Gasteiger partial charge in [-0.05, 0) is 90.0 Å². The van der Waals surface area contributed by atoms with E-state index in [4.69, 9.17) is 4.42 Å². The fourth-order valence-electron chi connectivity index (χ4n) is 8.56. The minimum absolute atomic E-state index is 0.903. The zero-order chi connectivity index (χ0) is 33.9. The van der Waals surface area contributed by atoms with E-state index in [0.29, 0.717) is 0 Å². The van der Waals surface area contributed by atoms with Crippen LogP contribution in [0.2, 0.25) is 0 Å². The van der Waals surface area contributed by atoms with Crippen LogP contribution in [0.1, 0.15) is 0 Å². The van der Waals surface area contributed by atoms with Gasteiger partial charge in [0.2, 0.25) is 0 Å². The van der Waals surface area contributed by atoms with E-state index in [1.54, 1.807) is 0 Å². The van der Waals surface area contributed by atoms with Gasteiger partial charge in [0.25, 0.3) is 0 Å². The molecule has 0 aliphatic rings. The Morgan fingerprint density at radius 3 is 1.62 bits per heavy atom. The van der Waals surface area contributed by atoms with Crippen molar-refractivity contribution in [3.63, 3.8) is 0 Å². The largest absolute Gasteiger partial charge is 0.456 e. The molecule has 8 aromatic carbocycles. The minimum atomic E-state index is 0.903. The van der Waals surface area contributed by atoms with Crippen LogP contribution in [0.5, 0.6) is 0 Å². The molecule has 0 aliphatic heterocycles. The Hall–Kier alpha value is -6.62. The lowest BCUT2D eigenvalue weighted by molar-refractivity contribution is 0.669. The van der Waals surface area contributed by atoms with E-state index in [1.807, 2.05) is 11.3 Å². The summed E-state index contributed by atoms with van der Waals surface area (Å²) in [6.45, 7) is 0. The van der Waals surface area contributed by atoms with Crippen molar-refractivity contribution in [2.45, 2.75) is 0 Å². The first-order chi connectivity index (χ1) is 25.8. The summed E-state index contributed by atoms with van der Waals surface area (Å²) in [4.78, 5) is 0. The van der Waals surface area contributed by atoms with Crippen molar-refractivity contribution >= 4 is 97.1 Å². The molecule has 0 saturated heterocycles. The number of fused-ring (bicyclic) bond motifs is 12. The predicted molar refractivity (Wildman–Crippen MR) is 221 cm³/mol. The molecule has 0 amide bonds. The molecule has 52 heavy (non-hydrogen) atoms. The van der Waals surface area contributed by atoms with Crippen LogP contribution >= 0.6 is 11.3 Å². The maximum Gasteiger partial charge on any atom is 0.137 e. The molecular weight excluding hydrogens is 653 g/mol. The van der Waals surface area contributed by atoms with E-state index in [-0.39, 0.29) is 0 Å². The number of aromatic nitrogens is 2. The van der Waals surface area contributed by atoms with Crippen LogP contribution in [0.4, 0.5) is 0 Å². The molecule has 0 bridgehead atoms. The monoisotopic (exact) mass is 680 g/mol. The summed E-state index contributed by atoms with van der Waals surface area (Å²) < 4.78 is 14.0. The number of para-hydroxylation sites is 3. The quantitative estimate of drug-likeness (QED) is 0.182. The number of furan rings is 1. The molecule has 0 fully saturated rings. The van der Waals surface area contributed by atoms with Gasteiger partial charge in [0.05, 0.1) is 22.1 Å². The Kier molecular flexibility index (Phi) is 5.65. The molecule has 0 N–H and O–H groups in total. The number of thiophene rings is 1. The summed E-state index contributed by atoms with van der Waals surface area (Å²) >= 11 is 1.85. The van der Waals surface area contributed by atoms with Crippen LogP contribution in [0, 0.1) is 0 Å². The van der Waals surface area contributed by atoms with Gasteiger partial charge < -0.3 is 13.6 Å². The lowest BCUT2D eigenvalue weighted by atomic mass is 10.0. The van der Waals surface area contributed by atoms with Crippen molar-refractivity contribution in [2.75, 3.05) is 0 Å². The average Bonchev–Trinajstić information content (AvgIpc) is 3.94. The maximum absolute atomic E-state index is 6.60.